The van der Waals surface area contributed by atoms with Crippen LogP contribution in [0.2, 0.25) is 0 Å². The van der Waals surface area contributed by atoms with E-state index in [0.717, 1.165) is 0 Å². The number of hydrogen-bond acceptors (Lipinski definition) is 7. The predicted molar refractivity (Wildman–Crippen MR) is 95.7 cm³/mol. The van der Waals surface area contributed by atoms with Crippen molar-refractivity contribution in [3.63, 3.8) is 0 Å². The van der Waals surface area contributed by atoms with E-state index in [4.69, 9.17) is 15.3 Å². The standard InChI is InChI=1S/C16H21N5O3S/c1-16(2,3)14-19-20-15(21(14)17)25-9-13(22)18-10-4-5-11-12(8-10)24-7-6-23-11/h4-5,8H,6-7,9,17H2,1-3H3,(H,18,22). The molecule has 0 saturated carbocycles. The van der Waals surface area contributed by atoms with Gasteiger partial charge in [0.25, 0.3) is 0 Å². The summed E-state index contributed by atoms with van der Waals surface area (Å²) in [6.07, 6.45) is 0. The lowest BCUT2D eigenvalue weighted by Crippen LogP contribution is -2.24. The Morgan fingerprint density at radius 1 is 1.28 bits per heavy atom. The lowest BCUT2D eigenvalue weighted by Gasteiger charge is -2.19. The number of thioether (sulfide) groups is 1. The number of aromatic nitrogens is 3. The molecule has 1 aliphatic rings. The summed E-state index contributed by atoms with van der Waals surface area (Å²) >= 11 is 1.24. The number of nitrogens with one attached hydrogen (secondary N) is 1. The van der Waals surface area contributed by atoms with Gasteiger partial charge in [-0.2, -0.15) is 0 Å². The number of hydrogen-bond donors (Lipinski definition) is 2. The van der Waals surface area contributed by atoms with Gasteiger partial charge < -0.3 is 20.6 Å². The molecule has 0 atom stereocenters. The highest BCUT2D eigenvalue weighted by molar-refractivity contribution is 7.99. The Hall–Kier alpha value is -2.42. The predicted octanol–water partition coefficient (Wildman–Crippen LogP) is 1.79. The number of nitrogen functional groups attached to an aromatic ring is 1. The van der Waals surface area contributed by atoms with Gasteiger partial charge >= 0.3 is 0 Å². The minimum Gasteiger partial charge on any atom is -0.486 e. The third-order valence-electron chi connectivity index (χ3n) is 3.49. The zero-order chi connectivity index (χ0) is 18.0. The Kier molecular flexibility index (Phi) is 4.76. The molecule has 0 fully saturated rings. The molecule has 1 aliphatic heterocycles. The van der Waals surface area contributed by atoms with Crippen molar-refractivity contribution in [3.05, 3.63) is 24.0 Å². The first kappa shape index (κ1) is 17.4. The maximum Gasteiger partial charge on any atom is 0.234 e. The molecule has 3 N–H and O–H groups in total. The van der Waals surface area contributed by atoms with Crippen molar-refractivity contribution in [1.82, 2.24) is 14.9 Å². The van der Waals surface area contributed by atoms with E-state index in [0.29, 0.717) is 41.4 Å². The van der Waals surface area contributed by atoms with Crippen molar-refractivity contribution in [2.45, 2.75) is 31.3 Å². The van der Waals surface area contributed by atoms with Crippen molar-refractivity contribution in [1.29, 1.82) is 0 Å². The average Bonchev–Trinajstić information content (AvgIpc) is 2.94. The normalized spacial score (nSPS) is 13.6. The zero-order valence-electron chi connectivity index (χ0n) is 14.4. The van der Waals surface area contributed by atoms with Crippen molar-refractivity contribution < 1.29 is 14.3 Å². The number of nitrogens with two attached hydrogens (primary N) is 1. The summed E-state index contributed by atoms with van der Waals surface area (Å²) in [7, 11) is 0. The minimum absolute atomic E-state index is 0.165. The van der Waals surface area contributed by atoms with Gasteiger partial charge in [-0.15, -0.1) is 10.2 Å². The fourth-order valence-electron chi connectivity index (χ4n) is 2.34. The van der Waals surface area contributed by atoms with Gasteiger partial charge in [0.05, 0.1) is 5.75 Å². The number of anilines is 1. The summed E-state index contributed by atoms with van der Waals surface area (Å²) in [5, 5.41) is 11.5. The van der Waals surface area contributed by atoms with Crippen LogP contribution in [0.1, 0.15) is 26.6 Å². The maximum absolute atomic E-state index is 12.2. The fraction of sp³-hybridized carbons (Fsp3) is 0.438. The molecule has 134 valence electrons. The highest BCUT2D eigenvalue weighted by Crippen LogP contribution is 2.32. The third kappa shape index (κ3) is 3.98. The van der Waals surface area contributed by atoms with Crippen LogP contribution in [-0.2, 0) is 10.2 Å². The number of carbonyl (C=O) groups excluding carboxylic acids is 1. The van der Waals surface area contributed by atoms with Crippen LogP contribution in [-0.4, -0.2) is 39.7 Å². The first-order valence-electron chi connectivity index (χ1n) is 7.88. The summed E-state index contributed by atoms with van der Waals surface area (Å²) in [6, 6.07) is 5.31. The van der Waals surface area contributed by atoms with Crippen LogP contribution in [0.15, 0.2) is 23.4 Å². The van der Waals surface area contributed by atoms with E-state index >= 15 is 0 Å². The van der Waals surface area contributed by atoms with Gasteiger partial charge in [-0.1, -0.05) is 32.5 Å². The summed E-state index contributed by atoms with van der Waals surface area (Å²) < 4.78 is 12.4. The second-order valence-corrected chi connectivity index (χ2v) is 7.56. The van der Waals surface area contributed by atoms with E-state index in [1.165, 1.54) is 16.4 Å². The van der Waals surface area contributed by atoms with Crippen LogP contribution in [0.5, 0.6) is 11.5 Å². The van der Waals surface area contributed by atoms with Gasteiger partial charge in [-0.05, 0) is 12.1 Å². The van der Waals surface area contributed by atoms with Gasteiger partial charge in [-0.25, -0.2) is 4.68 Å². The second kappa shape index (κ2) is 6.83. The molecule has 0 aliphatic carbocycles. The monoisotopic (exact) mass is 363 g/mol. The van der Waals surface area contributed by atoms with Crippen LogP contribution < -0.4 is 20.6 Å². The van der Waals surface area contributed by atoms with Gasteiger partial charge in [0.15, 0.2) is 17.3 Å². The highest BCUT2D eigenvalue weighted by atomic mass is 32.2. The lowest BCUT2D eigenvalue weighted by atomic mass is 9.96. The van der Waals surface area contributed by atoms with Crippen LogP contribution in [0.3, 0.4) is 0 Å². The molecule has 1 aromatic heterocycles. The number of carbonyl (C=O) groups is 1. The van der Waals surface area contributed by atoms with Crippen LogP contribution in [0, 0.1) is 0 Å². The molecule has 2 aromatic rings. The topological polar surface area (TPSA) is 104 Å². The Labute approximate surface area is 150 Å². The quantitative estimate of drug-likeness (QED) is 0.630. The van der Waals surface area contributed by atoms with Crippen LogP contribution in [0.4, 0.5) is 5.69 Å². The Balaban J connectivity index is 1.59. The van der Waals surface area contributed by atoms with Crippen LogP contribution in [0.25, 0.3) is 0 Å². The van der Waals surface area contributed by atoms with E-state index in [2.05, 4.69) is 15.5 Å². The van der Waals surface area contributed by atoms with Crippen molar-refractivity contribution >= 4 is 23.4 Å². The number of amides is 1. The van der Waals surface area contributed by atoms with Gasteiger partial charge in [-0.3, -0.25) is 4.79 Å². The van der Waals surface area contributed by atoms with E-state index in [9.17, 15) is 4.79 Å². The lowest BCUT2D eigenvalue weighted by molar-refractivity contribution is -0.113. The SMILES string of the molecule is CC(C)(C)c1nnc(SCC(=O)Nc2ccc3c(c2)OCCO3)n1N. The molecular formula is C16H21N5O3S. The van der Waals surface area contributed by atoms with E-state index in [1.54, 1.807) is 18.2 Å². The molecule has 1 aromatic carbocycles. The molecule has 3 rings (SSSR count). The Morgan fingerprint density at radius 2 is 2.00 bits per heavy atom. The molecule has 1 amide bonds. The molecule has 0 unspecified atom stereocenters. The van der Waals surface area contributed by atoms with E-state index in [1.807, 2.05) is 20.8 Å². The molecule has 0 bridgehead atoms. The van der Waals surface area contributed by atoms with Crippen molar-refractivity contribution in [2.24, 2.45) is 0 Å². The Morgan fingerprint density at radius 3 is 2.68 bits per heavy atom. The number of ether oxygens (including phenoxy) is 2. The average molecular weight is 363 g/mol. The zero-order valence-corrected chi connectivity index (χ0v) is 15.2. The largest absolute Gasteiger partial charge is 0.486 e. The summed E-state index contributed by atoms with van der Waals surface area (Å²) in [5.74, 6) is 8.01. The summed E-state index contributed by atoms with van der Waals surface area (Å²) in [6.45, 7) is 7.05. The molecule has 25 heavy (non-hydrogen) atoms. The summed E-state index contributed by atoms with van der Waals surface area (Å²) in [5.41, 5.74) is 0.438. The number of rotatable bonds is 4. The van der Waals surface area contributed by atoms with Gasteiger partial charge in [0.1, 0.15) is 13.2 Å². The molecule has 8 nitrogen and oxygen atoms in total. The van der Waals surface area contributed by atoms with E-state index in [-0.39, 0.29) is 17.1 Å². The molecule has 2 heterocycles. The van der Waals surface area contributed by atoms with Crippen molar-refractivity contribution in [2.75, 3.05) is 30.1 Å². The Bertz CT molecular complexity index is 785. The van der Waals surface area contributed by atoms with E-state index < -0.39 is 0 Å². The summed E-state index contributed by atoms with van der Waals surface area (Å²) in [4.78, 5) is 12.2. The fourth-order valence-corrected chi connectivity index (χ4v) is 2.99. The molecule has 0 spiro atoms. The van der Waals surface area contributed by atoms with Gasteiger partial charge in [0, 0.05) is 17.2 Å². The molecule has 9 heteroatoms. The first-order valence-corrected chi connectivity index (χ1v) is 8.86. The first-order chi connectivity index (χ1) is 11.8. The van der Waals surface area contributed by atoms with Gasteiger partial charge in [0.2, 0.25) is 11.1 Å². The van der Waals surface area contributed by atoms with Crippen LogP contribution >= 0.6 is 11.8 Å². The maximum atomic E-state index is 12.2. The number of nitrogens with zero attached hydrogens (tertiary/aromatic N) is 3. The third-order valence-corrected chi connectivity index (χ3v) is 4.44. The minimum atomic E-state index is -0.214. The molecular weight excluding hydrogens is 342 g/mol. The second-order valence-electron chi connectivity index (χ2n) is 6.62. The molecule has 0 radical (unpaired) electrons. The smallest absolute Gasteiger partial charge is 0.234 e. The highest BCUT2D eigenvalue weighted by Gasteiger charge is 2.23. The molecule has 0 saturated heterocycles. The van der Waals surface area contributed by atoms with Crippen molar-refractivity contribution in [3.8, 4) is 11.5 Å². The number of benzene rings is 1. The number of fused-ring (bicyclic) bond motifs is 1.